The Kier molecular flexibility index (Phi) is 4.52. The number of alkyl halides is 4. The Balaban J connectivity index is 2.11. The van der Waals surface area contributed by atoms with Crippen LogP contribution in [0.25, 0.3) is 0 Å². The van der Waals surface area contributed by atoms with Gasteiger partial charge >= 0.3 is 12.5 Å². The molecule has 2 rings (SSSR count). The quantitative estimate of drug-likeness (QED) is 0.828. The molecule has 1 atom stereocenters. The highest BCUT2D eigenvalue weighted by Crippen LogP contribution is 2.36. The number of benzene rings is 1. The zero-order valence-electron chi connectivity index (χ0n) is 10.9. The van der Waals surface area contributed by atoms with Crippen molar-refractivity contribution in [3.63, 3.8) is 0 Å². The van der Waals surface area contributed by atoms with Crippen molar-refractivity contribution in [1.82, 2.24) is 0 Å². The van der Waals surface area contributed by atoms with E-state index < -0.39 is 12.5 Å². The summed E-state index contributed by atoms with van der Waals surface area (Å²) in [7, 11) is 0. The van der Waals surface area contributed by atoms with Crippen LogP contribution in [0.1, 0.15) is 37.3 Å². The van der Waals surface area contributed by atoms with Crippen molar-refractivity contribution in [3.8, 4) is 5.75 Å². The number of rotatable bonds is 5. The number of ether oxygens (including phenoxy) is 1. The molecule has 1 aliphatic carbocycles. The third-order valence-corrected chi connectivity index (χ3v) is 3.66. The Morgan fingerprint density at radius 1 is 1.20 bits per heavy atom. The van der Waals surface area contributed by atoms with Crippen molar-refractivity contribution in [2.45, 2.75) is 44.3 Å². The monoisotopic (exact) mass is 291 g/mol. The molecule has 0 aliphatic heterocycles. The fraction of sp³-hybridized carbons (Fsp3) is 0.571. The molecule has 20 heavy (non-hydrogen) atoms. The average Bonchev–Trinajstić information content (AvgIpc) is 2.91. The standard InChI is InChI=1S/C14H17F4NO/c15-13(16)14(17,18)20-11-7-3-6-10(8-11)12(19)9-4-1-2-5-9/h3,6-9,12-13H,1-2,4-5,19H2/t12-/m0/s1. The largest absolute Gasteiger partial charge is 0.461 e. The summed E-state index contributed by atoms with van der Waals surface area (Å²) in [6, 6.07) is 5.46. The van der Waals surface area contributed by atoms with Gasteiger partial charge in [-0.2, -0.15) is 17.6 Å². The molecular weight excluding hydrogens is 274 g/mol. The van der Waals surface area contributed by atoms with E-state index in [1.54, 1.807) is 6.07 Å². The Labute approximate surface area is 114 Å². The van der Waals surface area contributed by atoms with Gasteiger partial charge in [0.1, 0.15) is 5.75 Å². The SMILES string of the molecule is N[C@H](c1cccc(OC(F)(F)C(F)F)c1)C1CCCC1. The van der Waals surface area contributed by atoms with Crippen molar-refractivity contribution >= 4 is 0 Å². The van der Waals surface area contributed by atoms with Gasteiger partial charge in [0, 0.05) is 6.04 Å². The van der Waals surface area contributed by atoms with Crippen LogP contribution in [0.5, 0.6) is 5.75 Å². The highest BCUT2D eigenvalue weighted by atomic mass is 19.3. The number of halogens is 4. The summed E-state index contributed by atoms with van der Waals surface area (Å²) in [5, 5.41) is 0. The predicted octanol–water partition coefficient (Wildman–Crippen LogP) is 4.11. The van der Waals surface area contributed by atoms with Crippen LogP contribution in [0.15, 0.2) is 24.3 Å². The lowest BCUT2D eigenvalue weighted by Crippen LogP contribution is -2.33. The van der Waals surface area contributed by atoms with E-state index in [-0.39, 0.29) is 11.8 Å². The molecule has 1 aromatic rings. The maximum atomic E-state index is 12.9. The first-order valence-corrected chi connectivity index (χ1v) is 6.60. The molecule has 0 saturated heterocycles. The highest BCUT2D eigenvalue weighted by Gasteiger charge is 2.44. The third kappa shape index (κ3) is 3.42. The van der Waals surface area contributed by atoms with E-state index >= 15 is 0 Å². The zero-order valence-corrected chi connectivity index (χ0v) is 10.9. The smallest absolute Gasteiger partial charge is 0.428 e. The zero-order chi connectivity index (χ0) is 14.8. The van der Waals surface area contributed by atoms with Gasteiger partial charge < -0.3 is 10.5 Å². The molecule has 0 bridgehead atoms. The fourth-order valence-corrected chi connectivity index (χ4v) is 2.58. The lowest BCUT2D eigenvalue weighted by Gasteiger charge is -2.21. The molecule has 1 fully saturated rings. The Bertz CT molecular complexity index is 447. The number of hydrogen-bond donors (Lipinski definition) is 1. The first-order chi connectivity index (χ1) is 9.40. The van der Waals surface area contributed by atoms with Gasteiger partial charge in [0.2, 0.25) is 0 Å². The van der Waals surface area contributed by atoms with E-state index in [4.69, 9.17) is 5.73 Å². The predicted molar refractivity (Wildman–Crippen MR) is 66.9 cm³/mol. The number of nitrogens with two attached hydrogens (primary N) is 1. The van der Waals surface area contributed by atoms with E-state index in [2.05, 4.69) is 4.74 Å². The summed E-state index contributed by atoms with van der Waals surface area (Å²) in [6.45, 7) is 0. The summed E-state index contributed by atoms with van der Waals surface area (Å²) in [6.07, 6.45) is -4.14. The molecule has 0 spiro atoms. The lowest BCUT2D eigenvalue weighted by molar-refractivity contribution is -0.253. The molecule has 2 N–H and O–H groups in total. The molecule has 0 unspecified atom stereocenters. The summed E-state index contributed by atoms with van der Waals surface area (Å²) >= 11 is 0. The Morgan fingerprint density at radius 2 is 1.85 bits per heavy atom. The maximum absolute atomic E-state index is 12.9. The first kappa shape index (κ1) is 15.1. The van der Waals surface area contributed by atoms with Crippen molar-refractivity contribution < 1.29 is 22.3 Å². The Hall–Kier alpha value is -1.30. The van der Waals surface area contributed by atoms with Crippen molar-refractivity contribution in [2.75, 3.05) is 0 Å². The normalized spacial score (nSPS) is 18.5. The van der Waals surface area contributed by atoms with E-state index in [0.29, 0.717) is 11.5 Å². The van der Waals surface area contributed by atoms with E-state index in [0.717, 1.165) is 25.7 Å². The van der Waals surface area contributed by atoms with Gasteiger partial charge in [0.15, 0.2) is 0 Å². The van der Waals surface area contributed by atoms with Gasteiger partial charge in [-0.15, -0.1) is 0 Å². The van der Waals surface area contributed by atoms with Crippen molar-refractivity contribution in [2.24, 2.45) is 11.7 Å². The molecule has 1 saturated carbocycles. The van der Waals surface area contributed by atoms with Crippen LogP contribution in [0.4, 0.5) is 17.6 Å². The molecule has 0 radical (unpaired) electrons. The molecule has 1 aromatic carbocycles. The van der Waals surface area contributed by atoms with E-state index in [9.17, 15) is 17.6 Å². The van der Waals surface area contributed by atoms with Gasteiger partial charge in [-0.3, -0.25) is 0 Å². The Morgan fingerprint density at radius 3 is 2.45 bits per heavy atom. The highest BCUT2D eigenvalue weighted by molar-refractivity contribution is 5.31. The van der Waals surface area contributed by atoms with Crippen LogP contribution in [0.3, 0.4) is 0 Å². The molecular formula is C14H17F4NO. The lowest BCUT2D eigenvalue weighted by atomic mass is 9.92. The van der Waals surface area contributed by atoms with Gasteiger partial charge in [-0.1, -0.05) is 25.0 Å². The summed E-state index contributed by atoms with van der Waals surface area (Å²) < 4.78 is 54.0. The van der Waals surface area contributed by atoms with Crippen LogP contribution in [0.2, 0.25) is 0 Å². The minimum atomic E-state index is -4.49. The van der Waals surface area contributed by atoms with Gasteiger partial charge in [0.25, 0.3) is 0 Å². The second-order valence-corrected chi connectivity index (χ2v) is 5.11. The summed E-state index contributed by atoms with van der Waals surface area (Å²) in [5.74, 6) is 0.0158. The van der Waals surface area contributed by atoms with Gasteiger partial charge in [-0.05, 0) is 36.5 Å². The molecule has 0 heterocycles. The molecule has 0 aromatic heterocycles. The topological polar surface area (TPSA) is 35.2 Å². The molecule has 2 nitrogen and oxygen atoms in total. The molecule has 112 valence electrons. The summed E-state index contributed by atoms with van der Waals surface area (Å²) in [5.41, 5.74) is 6.74. The minimum Gasteiger partial charge on any atom is -0.428 e. The maximum Gasteiger partial charge on any atom is 0.461 e. The van der Waals surface area contributed by atoms with Gasteiger partial charge in [-0.25, -0.2) is 0 Å². The number of hydrogen-bond acceptors (Lipinski definition) is 2. The van der Waals surface area contributed by atoms with Crippen molar-refractivity contribution in [3.05, 3.63) is 29.8 Å². The van der Waals surface area contributed by atoms with Gasteiger partial charge in [0.05, 0.1) is 0 Å². The van der Waals surface area contributed by atoms with Crippen LogP contribution in [-0.2, 0) is 0 Å². The first-order valence-electron chi connectivity index (χ1n) is 6.60. The van der Waals surface area contributed by atoms with E-state index in [1.165, 1.54) is 18.2 Å². The van der Waals surface area contributed by atoms with Crippen LogP contribution < -0.4 is 10.5 Å². The van der Waals surface area contributed by atoms with Crippen LogP contribution >= 0.6 is 0 Å². The molecule has 6 heteroatoms. The van der Waals surface area contributed by atoms with Crippen molar-refractivity contribution in [1.29, 1.82) is 0 Å². The molecule has 1 aliphatic rings. The second-order valence-electron chi connectivity index (χ2n) is 5.11. The third-order valence-electron chi connectivity index (χ3n) is 3.66. The fourth-order valence-electron chi connectivity index (χ4n) is 2.58. The minimum absolute atomic E-state index is 0.277. The molecule has 0 amide bonds. The van der Waals surface area contributed by atoms with Crippen LogP contribution in [-0.4, -0.2) is 12.5 Å². The van der Waals surface area contributed by atoms with E-state index in [1.807, 2.05) is 0 Å². The average molecular weight is 291 g/mol. The summed E-state index contributed by atoms with van der Waals surface area (Å²) in [4.78, 5) is 0. The van der Waals surface area contributed by atoms with Crippen LogP contribution in [0, 0.1) is 5.92 Å². The second kappa shape index (κ2) is 5.99.